The molecule has 6 N–H and O–H groups in total. The second kappa shape index (κ2) is 26.2. The number of carboxylic acid groups (broad SMARTS) is 1. The minimum atomic E-state index is -2.24. The Morgan fingerprint density at radius 3 is 1.59 bits per heavy atom. The number of esters is 1. The molecule has 0 bridgehead atoms. The van der Waals surface area contributed by atoms with Gasteiger partial charge in [-0.1, -0.05) is 60.7 Å². The number of rotatable bonds is 15. The number of carbonyl (C=O) groups is 6. The molecule has 1 heterocycles. The van der Waals surface area contributed by atoms with Gasteiger partial charge in [-0.05, 0) is 119 Å². The summed E-state index contributed by atoms with van der Waals surface area (Å²) in [6, 6.07) is 17.4. The Morgan fingerprint density at radius 1 is 0.759 bits per heavy atom. The zero-order valence-corrected chi connectivity index (χ0v) is 32.8. The lowest BCUT2D eigenvalue weighted by atomic mass is 10.1. The highest BCUT2D eigenvalue weighted by Crippen LogP contribution is 2.32. The first kappa shape index (κ1) is 48.4. The predicted molar refractivity (Wildman–Crippen MR) is 199 cm³/mol. The number of nitrogens with one attached hydrogen (secondary N) is 3. The van der Waals surface area contributed by atoms with Crippen molar-refractivity contribution < 1.29 is 57.6 Å². The molecule has 2 atom stereocenters. The van der Waals surface area contributed by atoms with Crippen LogP contribution in [0.1, 0.15) is 49.7 Å². The molecule has 0 aromatic heterocycles. The zero-order chi connectivity index (χ0) is 40.6. The number of alkyl carbamates (subject to hydrolysis) is 3. The molecule has 3 rings (SSSR count). The van der Waals surface area contributed by atoms with Crippen molar-refractivity contribution in [2.45, 2.75) is 71.8 Å². The van der Waals surface area contributed by atoms with E-state index in [1.54, 1.807) is 0 Å². The number of amides is 3. The average Bonchev–Trinajstić information content (AvgIpc) is 3.41. The standard InChI is InChI=1S/C15H18N2O5.C14H20N2O4.C3Cl6O3/c18-13-12(17-15(20)22-13)8-4-5-9-16-14(19)21-10-11-6-2-1-3-7-11;15-12(13(17)18)8-4-5-9-16-14(19)20-10-11-6-2-1-3-7-11;4-2(5,6)11-1(10)12-3(7,8)9/h1-3,6-7,12H,4-5,8-10H2,(H,16,19)(H,17,20);1-3,6-7,12H,4-5,8-10,15H2,(H,16,19)(H,17,18);. The molecule has 1 aliphatic rings. The third-order valence-corrected chi connectivity index (χ3v) is 6.77. The Morgan fingerprint density at radius 2 is 1.20 bits per heavy atom. The second-order valence-electron chi connectivity index (χ2n) is 10.7. The number of carbonyl (C=O) groups excluding carboxylic acids is 5. The van der Waals surface area contributed by atoms with Crippen LogP contribution in [0.15, 0.2) is 60.7 Å². The molecule has 16 nitrogen and oxygen atoms in total. The highest BCUT2D eigenvalue weighted by atomic mass is 35.6. The second-order valence-corrected chi connectivity index (χ2v) is 15.0. The van der Waals surface area contributed by atoms with Gasteiger partial charge in [0, 0.05) is 13.1 Å². The van der Waals surface area contributed by atoms with Crippen LogP contribution in [0.5, 0.6) is 0 Å². The van der Waals surface area contributed by atoms with Crippen LogP contribution in [-0.4, -0.2) is 74.6 Å². The van der Waals surface area contributed by atoms with Gasteiger partial charge in [0.25, 0.3) is 0 Å². The summed E-state index contributed by atoms with van der Waals surface area (Å²) in [6.45, 7) is 1.35. The lowest BCUT2D eigenvalue weighted by Gasteiger charge is -2.15. The van der Waals surface area contributed by atoms with E-state index in [9.17, 15) is 28.8 Å². The van der Waals surface area contributed by atoms with Crippen LogP contribution in [-0.2, 0) is 46.5 Å². The van der Waals surface area contributed by atoms with Gasteiger partial charge in [-0.25, -0.2) is 24.0 Å². The van der Waals surface area contributed by atoms with Crippen molar-refractivity contribution in [3.8, 4) is 0 Å². The van der Waals surface area contributed by atoms with Gasteiger partial charge < -0.3 is 50.5 Å². The monoisotopic (exact) mass is 880 g/mol. The number of halogens is 6. The van der Waals surface area contributed by atoms with E-state index in [0.717, 1.165) is 11.1 Å². The summed E-state index contributed by atoms with van der Waals surface area (Å²) in [5.41, 5.74) is 7.21. The summed E-state index contributed by atoms with van der Waals surface area (Å²) < 4.78 is 18.0. The van der Waals surface area contributed by atoms with Crippen LogP contribution in [0.2, 0.25) is 0 Å². The maximum absolute atomic E-state index is 11.5. The highest BCUT2D eigenvalue weighted by Gasteiger charge is 2.33. The van der Waals surface area contributed by atoms with Gasteiger partial charge in [0.1, 0.15) is 25.3 Å². The number of aliphatic carboxylic acids is 1. The molecule has 0 spiro atoms. The molecule has 2 aromatic rings. The summed E-state index contributed by atoms with van der Waals surface area (Å²) in [5, 5.41) is 16.2. The molecule has 0 saturated carbocycles. The van der Waals surface area contributed by atoms with Crippen molar-refractivity contribution in [1.82, 2.24) is 16.0 Å². The van der Waals surface area contributed by atoms with Crippen molar-refractivity contribution in [3.63, 3.8) is 0 Å². The fraction of sp³-hybridized carbons (Fsp3) is 0.438. The predicted octanol–water partition coefficient (Wildman–Crippen LogP) is 7.01. The number of hydrogen-bond donors (Lipinski definition) is 5. The maximum Gasteiger partial charge on any atom is 0.515 e. The molecule has 2 aromatic carbocycles. The van der Waals surface area contributed by atoms with Crippen LogP contribution in [0.4, 0.5) is 19.2 Å². The van der Waals surface area contributed by atoms with Gasteiger partial charge in [0.15, 0.2) is 0 Å². The lowest BCUT2D eigenvalue weighted by molar-refractivity contribution is -0.139. The van der Waals surface area contributed by atoms with Crippen molar-refractivity contribution in [3.05, 3.63) is 71.8 Å². The minimum absolute atomic E-state index is 0.229. The number of alkyl halides is 6. The van der Waals surface area contributed by atoms with E-state index in [2.05, 4.69) is 30.2 Å². The molecule has 300 valence electrons. The normalized spacial score (nSPS) is 13.9. The number of cyclic esters (lactones) is 2. The van der Waals surface area contributed by atoms with Crippen LogP contribution in [0.25, 0.3) is 0 Å². The molecule has 1 fully saturated rings. The van der Waals surface area contributed by atoms with Gasteiger partial charge in [-0.3, -0.25) is 4.79 Å². The Hall–Kier alpha value is -3.64. The molecule has 54 heavy (non-hydrogen) atoms. The Kier molecular flexibility index (Phi) is 23.5. The molecule has 22 heteroatoms. The van der Waals surface area contributed by atoms with Crippen LogP contribution >= 0.6 is 69.6 Å². The number of nitrogens with two attached hydrogens (primary N) is 1. The summed E-state index contributed by atoms with van der Waals surface area (Å²) in [6.07, 6.45) is 0.510. The van der Waals surface area contributed by atoms with Gasteiger partial charge in [-0.15, -0.1) is 0 Å². The molecule has 3 amide bonds. The molecule has 0 radical (unpaired) electrons. The summed E-state index contributed by atoms with van der Waals surface area (Å²) >= 11 is 30.2. The lowest BCUT2D eigenvalue weighted by Crippen LogP contribution is -2.30. The molecular weight excluding hydrogens is 845 g/mol. The molecule has 0 aliphatic carbocycles. The Bertz CT molecular complexity index is 1450. The van der Waals surface area contributed by atoms with Crippen molar-refractivity contribution >= 4 is 106 Å². The Balaban J connectivity index is 0.000000424. The van der Waals surface area contributed by atoms with E-state index < -0.39 is 56.4 Å². The quantitative estimate of drug-likeness (QED) is 0.0399. The van der Waals surface area contributed by atoms with Crippen molar-refractivity contribution in [2.24, 2.45) is 5.73 Å². The van der Waals surface area contributed by atoms with E-state index in [0.29, 0.717) is 51.6 Å². The number of carboxylic acids is 1. The summed E-state index contributed by atoms with van der Waals surface area (Å²) in [7, 11) is 0. The Labute approximate surface area is 340 Å². The van der Waals surface area contributed by atoms with E-state index in [4.69, 9.17) is 89.9 Å². The first-order chi connectivity index (χ1) is 25.3. The van der Waals surface area contributed by atoms with Gasteiger partial charge in [0.2, 0.25) is 0 Å². The molecule has 2 unspecified atom stereocenters. The molecule has 1 saturated heterocycles. The van der Waals surface area contributed by atoms with Crippen LogP contribution in [0, 0.1) is 0 Å². The van der Waals surface area contributed by atoms with E-state index in [-0.39, 0.29) is 13.2 Å². The number of benzene rings is 2. The average molecular weight is 883 g/mol. The smallest absolute Gasteiger partial charge is 0.480 e. The van der Waals surface area contributed by atoms with Gasteiger partial charge in [0.05, 0.1) is 0 Å². The van der Waals surface area contributed by atoms with E-state index in [1.807, 2.05) is 60.7 Å². The fourth-order valence-corrected chi connectivity index (χ4v) is 4.19. The van der Waals surface area contributed by atoms with E-state index in [1.165, 1.54) is 0 Å². The topological polar surface area (TPSA) is 231 Å². The van der Waals surface area contributed by atoms with Crippen LogP contribution in [0.3, 0.4) is 0 Å². The first-order valence-electron chi connectivity index (χ1n) is 15.8. The summed E-state index contributed by atoms with van der Waals surface area (Å²) in [5.74, 6) is -1.54. The highest BCUT2D eigenvalue weighted by molar-refractivity contribution is 6.67. The molecule has 1 aliphatic heterocycles. The largest absolute Gasteiger partial charge is 0.515 e. The molecular formula is C32H38Cl6N4O12. The number of hydrogen-bond acceptors (Lipinski definition) is 12. The first-order valence-corrected chi connectivity index (χ1v) is 18.1. The fourth-order valence-electron chi connectivity index (χ4n) is 3.81. The van der Waals surface area contributed by atoms with Gasteiger partial charge >= 0.3 is 44.3 Å². The SMILES string of the molecule is NC(CCCCNC(=O)OCc1ccccc1)C(=O)O.O=C(NCCCCC1NC(=O)OC1=O)OCc1ccccc1.O=C(OC(Cl)(Cl)Cl)OC(Cl)(Cl)Cl. The summed E-state index contributed by atoms with van der Waals surface area (Å²) in [4.78, 5) is 65.8. The zero-order valence-electron chi connectivity index (χ0n) is 28.3. The van der Waals surface area contributed by atoms with Gasteiger partial charge in [-0.2, -0.15) is 0 Å². The minimum Gasteiger partial charge on any atom is -0.480 e. The third kappa shape index (κ3) is 26.2. The third-order valence-electron chi connectivity index (χ3n) is 6.31. The van der Waals surface area contributed by atoms with Crippen molar-refractivity contribution in [2.75, 3.05) is 13.1 Å². The van der Waals surface area contributed by atoms with Crippen molar-refractivity contribution in [1.29, 1.82) is 0 Å². The van der Waals surface area contributed by atoms with Crippen LogP contribution < -0.4 is 21.7 Å². The van der Waals surface area contributed by atoms with E-state index >= 15 is 0 Å². The number of ether oxygens (including phenoxy) is 5. The number of unbranched alkanes of at least 4 members (excludes halogenated alkanes) is 2. The maximum atomic E-state index is 11.5.